The van der Waals surface area contributed by atoms with Crippen molar-refractivity contribution in [2.24, 2.45) is 11.8 Å². The van der Waals surface area contributed by atoms with Crippen LogP contribution < -0.4 is 0 Å². The Balaban J connectivity index is 5.24. The van der Waals surface area contributed by atoms with E-state index in [0.29, 0.717) is 31.6 Å². The summed E-state index contributed by atoms with van der Waals surface area (Å²) >= 11 is 0. The highest BCUT2D eigenvalue weighted by Gasteiger charge is 2.30. The van der Waals surface area contributed by atoms with E-state index < -0.39 is 97.5 Å². The molecule has 3 N–H and O–H groups in total. The number of ether oxygens (including phenoxy) is 4. The van der Waals surface area contributed by atoms with Gasteiger partial charge in [0.25, 0.3) is 0 Å². The van der Waals surface area contributed by atoms with Crippen LogP contribution in [0.3, 0.4) is 0 Å². The van der Waals surface area contributed by atoms with Crippen LogP contribution in [0.25, 0.3) is 0 Å². The van der Waals surface area contributed by atoms with Gasteiger partial charge in [-0.05, 0) is 37.5 Å². The normalized spacial score (nSPS) is 14.4. The van der Waals surface area contributed by atoms with Gasteiger partial charge in [0, 0.05) is 25.7 Å². The topological polar surface area (TPSA) is 237 Å². The molecule has 3 unspecified atom stereocenters. The van der Waals surface area contributed by atoms with Gasteiger partial charge in [0.1, 0.15) is 19.3 Å². The maximum Gasteiger partial charge on any atom is 0.472 e. The molecule has 0 amide bonds. The van der Waals surface area contributed by atoms with Crippen LogP contribution in [0.1, 0.15) is 356 Å². The van der Waals surface area contributed by atoms with Crippen LogP contribution in [0.15, 0.2) is 0 Å². The molecule has 17 nitrogen and oxygen atoms in total. The molecular weight excluding hydrogens is 1170 g/mol. The number of esters is 4. The molecule has 0 aromatic rings. The summed E-state index contributed by atoms with van der Waals surface area (Å²) in [5, 5.41) is 10.6. The van der Waals surface area contributed by atoms with E-state index >= 15 is 0 Å². The van der Waals surface area contributed by atoms with Crippen molar-refractivity contribution in [1.29, 1.82) is 0 Å². The number of unbranched alkanes of at least 4 members (excludes halogenated alkanes) is 38. The number of phosphoric ester groups is 2. The highest BCUT2D eigenvalue weighted by atomic mass is 31.2. The van der Waals surface area contributed by atoms with E-state index in [4.69, 9.17) is 37.0 Å². The van der Waals surface area contributed by atoms with Crippen molar-refractivity contribution >= 4 is 39.5 Å². The third-order valence-electron chi connectivity index (χ3n) is 16.6. The van der Waals surface area contributed by atoms with Crippen molar-refractivity contribution in [1.82, 2.24) is 0 Å². The molecule has 0 spiro atoms. The summed E-state index contributed by atoms with van der Waals surface area (Å²) in [5.74, 6) is -0.635. The smallest absolute Gasteiger partial charge is 0.462 e. The maximum atomic E-state index is 13.0. The summed E-state index contributed by atoms with van der Waals surface area (Å²) in [6.07, 6.45) is 47.2. The van der Waals surface area contributed by atoms with Gasteiger partial charge in [-0.25, -0.2) is 9.13 Å². The number of carbonyl (C=O) groups excluding carboxylic acids is 4. The Labute approximate surface area is 543 Å². The zero-order chi connectivity index (χ0) is 65.7. The molecule has 0 aliphatic rings. The summed E-state index contributed by atoms with van der Waals surface area (Å²) in [4.78, 5) is 72.5. The molecule has 89 heavy (non-hydrogen) atoms. The van der Waals surface area contributed by atoms with Crippen molar-refractivity contribution in [3.63, 3.8) is 0 Å². The molecule has 0 fully saturated rings. The molecule has 0 saturated heterocycles. The van der Waals surface area contributed by atoms with Crippen molar-refractivity contribution in [2.45, 2.75) is 374 Å². The fourth-order valence-corrected chi connectivity index (χ4v) is 12.1. The Morgan fingerprint density at radius 1 is 0.326 bits per heavy atom. The first kappa shape index (κ1) is 87.1. The lowest BCUT2D eigenvalue weighted by molar-refractivity contribution is -0.161. The Kier molecular flexibility index (Phi) is 60.8. The van der Waals surface area contributed by atoms with Gasteiger partial charge in [-0.1, -0.05) is 305 Å². The minimum Gasteiger partial charge on any atom is -0.462 e. The maximum absolute atomic E-state index is 13.0. The highest BCUT2D eigenvalue weighted by molar-refractivity contribution is 7.47. The molecule has 19 heteroatoms. The van der Waals surface area contributed by atoms with Gasteiger partial charge >= 0.3 is 39.5 Å². The van der Waals surface area contributed by atoms with Crippen LogP contribution in [-0.4, -0.2) is 96.7 Å². The van der Waals surface area contributed by atoms with Gasteiger partial charge in [0.05, 0.1) is 26.4 Å². The second kappa shape index (κ2) is 62.2. The third kappa shape index (κ3) is 63.2. The van der Waals surface area contributed by atoms with Crippen LogP contribution in [0.2, 0.25) is 0 Å². The monoisotopic (exact) mass is 1310 g/mol. The second-order valence-electron chi connectivity index (χ2n) is 26.0. The Morgan fingerprint density at radius 2 is 0.573 bits per heavy atom. The van der Waals surface area contributed by atoms with Crippen LogP contribution in [0.4, 0.5) is 0 Å². The molecule has 0 rings (SSSR count). The minimum atomic E-state index is -4.95. The summed E-state index contributed by atoms with van der Waals surface area (Å²) in [6, 6.07) is 0. The summed E-state index contributed by atoms with van der Waals surface area (Å²) in [5.41, 5.74) is 0. The molecule has 0 aliphatic carbocycles. The molecule has 0 radical (unpaired) electrons. The van der Waals surface area contributed by atoms with E-state index in [1.165, 1.54) is 167 Å². The van der Waals surface area contributed by atoms with Crippen molar-refractivity contribution in [2.75, 3.05) is 39.6 Å². The quantitative estimate of drug-likeness (QED) is 0.0222. The van der Waals surface area contributed by atoms with E-state index in [1.807, 2.05) is 0 Å². The zero-order valence-electron chi connectivity index (χ0n) is 57.7. The first-order valence-corrected chi connectivity index (χ1v) is 39.5. The Bertz CT molecular complexity index is 1740. The number of carbonyl (C=O) groups is 4. The lowest BCUT2D eigenvalue weighted by Crippen LogP contribution is -2.30. The molecule has 0 heterocycles. The highest BCUT2D eigenvalue weighted by Crippen LogP contribution is 2.45. The Hall–Kier alpha value is -1.94. The largest absolute Gasteiger partial charge is 0.472 e. The first-order valence-electron chi connectivity index (χ1n) is 36.5. The van der Waals surface area contributed by atoms with Crippen LogP contribution in [0, 0.1) is 11.8 Å². The van der Waals surface area contributed by atoms with E-state index in [2.05, 4.69) is 41.5 Å². The van der Waals surface area contributed by atoms with Crippen molar-refractivity contribution in [3.8, 4) is 0 Å². The third-order valence-corrected chi connectivity index (χ3v) is 18.5. The lowest BCUT2D eigenvalue weighted by atomic mass is 9.99. The zero-order valence-corrected chi connectivity index (χ0v) is 59.5. The van der Waals surface area contributed by atoms with E-state index in [9.17, 15) is 43.2 Å². The predicted octanol–water partition coefficient (Wildman–Crippen LogP) is 20.0. The van der Waals surface area contributed by atoms with Gasteiger partial charge in [-0.15, -0.1) is 0 Å². The molecule has 0 bridgehead atoms. The number of phosphoric acid groups is 2. The van der Waals surface area contributed by atoms with Gasteiger partial charge in [-0.3, -0.25) is 37.3 Å². The SMILES string of the molecule is CCCCCCCCCCCCCCCCCC(=O)O[C@H](COC(=O)CCCCCCCCCCCCC(C)CC)COP(=O)(O)OC[C@@H](O)COP(=O)(O)OC[C@@H](COC(=O)CCCCCCCCC(C)C)OC(=O)CCCCCCCCCCCCC. The molecule has 0 saturated carbocycles. The van der Waals surface area contributed by atoms with Gasteiger partial charge in [0.15, 0.2) is 12.2 Å². The fourth-order valence-electron chi connectivity index (χ4n) is 10.6. The average molecular weight is 1310 g/mol. The van der Waals surface area contributed by atoms with Gasteiger partial charge in [0.2, 0.25) is 0 Å². The fraction of sp³-hybridized carbons (Fsp3) is 0.943. The van der Waals surface area contributed by atoms with Gasteiger partial charge in [-0.2, -0.15) is 0 Å². The minimum absolute atomic E-state index is 0.106. The first-order chi connectivity index (χ1) is 42.9. The molecule has 6 atom stereocenters. The summed E-state index contributed by atoms with van der Waals surface area (Å²) < 4.78 is 68.3. The van der Waals surface area contributed by atoms with Crippen molar-refractivity contribution < 1.29 is 80.2 Å². The summed E-state index contributed by atoms with van der Waals surface area (Å²) in [7, 11) is -9.90. The molecule has 528 valence electrons. The predicted molar refractivity (Wildman–Crippen MR) is 358 cm³/mol. The van der Waals surface area contributed by atoms with Crippen molar-refractivity contribution in [3.05, 3.63) is 0 Å². The number of hydrogen-bond acceptors (Lipinski definition) is 15. The molecule has 0 aromatic heterocycles. The lowest BCUT2D eigenvalue weighted by Gasteiger charge is -2.21. The number of aliphatic hydroxyl groups excluding tert-OH is 1. The van der Waals surface area contributed by atoms with Crippen LogP contribution >= 0.6 is 15.6 Å². The molecular formula is C70H136O17P2. The van der Waals surface area contributed by atoms with Gasteiger partial charge < -0.3 is 33.8 Å². The number of hydrogen-bond donors (Lipinski definition) is 3. The van der Waals surface area contributed by atoms with Crippen LogP contribution in [0.5, 0.6) is 0 Å². The average Bonchev–Trinajstić information content (AvgIpc) is 3.72. The molecule has 0 aromatic carbocycles. The van der Waals surface area contributed by atoms with Crippen LogP contribution in [-0.2, 0) is 65.4 Å². The Morgan fingerprint density at radius 3 is 0.854 bits per heavy atom. The standard InChI is InChI=1S/C70H136O17P2/c1-7-10-12-14-16-18-20-21-22-23-25-31-35-43-49-55-70(75)86-65(58-80-67(72)52-46-40-33-29-27-26-28-32-39-45-51-63(6)9-3)60-84-88(76,77)82-56-64(71)57-83-89(78,79)85-61-66(59-81-68(73)53-47-41-37-36-38-44-50-62(4)5)87-69(74)54-48-42-34-30-24-19-17-15-13-11-8-2/h62-66,71H,7-61H2,1-6H3,(H,76,77)(H,78,79)/t63?,64-,65-,66-/m1/s1. The molecule has 0 aliphatic heterocycles. The van der Waals surface area contributed by atoms with E-state index in [1.54, 1.807) is 0 Å². The second-order valence-corrected chi connectivity index (χ2v) is 28.9. The number of aliphatic hydroxyl groups is 1. The van der Waals surface area contributed by atoms with E-state index in [0.717, 1.165) is 102 Å². The van der Waals surface area contributed by atoms with E-state index in [-0.39, 0.29) is 25.7 Å². The summed E-state index contributed by atoms with van der Waals surface area (Å²) in [6.45, 7) is 9.49. The number of rotatable bonds is 69.